The number of rotatable bonds is 15. The number of ether oxygens (including phenoxy) is 1. The molecule has 0 saturated carbocycles. The molecule has 13 heteroatoms. The Morgan fingerprint density at radius 2 is 1.26 bits per heavy atom. The number of nitrogens with one attached hydrogen (secondary N) is 2. The van der Waals surface area contributed by atoms with Gasteiger partial charge in [-0.2, -0.15) is 0 Å². The molecule has 6 aromatic rings. The van der Waals surface area contributed by atoms with Gasteiger partial charge in [0.05, 0.1) is 42.3 Å². The minimum Gasteiger partial charge on any atom is -0.445 e. The van der Waals surface area contributed by atoms with Crippen LogP contribution in [0.5, 0.6) is 0 Å². The van der Waals surface area contributed by atoms with Crippen molar-refractivity contribution in [2.45, 2.75) is 76.6 Å². The van der Waals surface area contributed by atoms with Crippen molar-refractivity contribution in [3.63, 3.8) is 0 Å². The number of hydrogen-bond acceptors (Lipinski definition) is 7. The number of hydrogen-bond donors (Lipinski definition) is 3. The minimum atomic E-state index is -1.01. The first-order valence-electron chi connectivity index (χ1n) is 21.6. The summed E-state index contributed by atoms with van der Waals surface area (Å²) in [5, 5.41) is 0. The Morgan fingerprint density at radius 3 is 1.81 bits per heavy atom. The average Bonchev–Trinajstić information content (AvgIpc) is 4.14. The number of aromatic nitrogens is 4. The predicted octanol–water partition coefficient (Wildman–Crippen LogP) is 8.78. The second-order valence-electron chi connectivity index (χ2n) is 16.0. The van der Waals surface area contributed by atoms with Crippen LogP contribution in [0.1, 0.15) is 86.9 Å². The number of amides is 3. The van der Waals surface area contributed by atoms with E-state index in [0.29, 0.717) is 24.5 Å². The molecule has 0 aliphatic carbocycles. The van der Waals surface area contributed by atoms with Gasteiger partial charge in [-0.15, -0.1) is 0 Å². The Kier molecular flexibility index (Phi) is 12.9. The van der Waals surface area contributed by atoms with Crippen molar-refractivity contribution in [1.82, 2.24) is 34.6 Å². The van der Waals surface area contributed by atoms with E-state index >= 15 is 0 Å². The molecule has 2 aliphatic heterocycles. The van der Waals surface area contributed by atoms with E-state index in [1.54, 1.807) is 29.3 Å². The topological polar surface area (TPSA) is 154 Å². The number of nitrogens with zero attached hydrogens (tertiary/aromatic N) is 5. The van der Waals surface area contributed by atoms with E-state index in [1.165, 1.54) is 6.07 Å². The quantitative estimate of drug-likeness (QED) is 0.0935. The fraction of sp³-hybridized carbons (Fsp3) is 0.327. The maximum atomic E-state index is 14.4. The summed E-state index contributed by atoms with van der Waals surface area (Å²) in [4.78, 5) is 61.9. The molecule has 0 spiro atoms. The number of imidazole rings is 2. The Morgan fingerprint density at radius 1 is 0.742 bits per heavy atom. The second-order valence-corrected chi connectivity index (χ2v) is 16.0. The fourth-order valence-corrected chi connectivity index (χ4v) is 9.09. The van der Waals surface area contributed by atoms with Crippen LogP contribution in [-0.4, -0.2) is 84.8 Å². The molecular formula is C49H53FN8O4. The van der Waals surface area contributed by atoms with Crippen LogP contribution in [0.25, 0.3) is 33.6 Å². The number of benzene rings is 4. The Labute approximate surface area is 361 Å². The Bertz CT molecular complexity index is 2470. The summed E-state index contributed by atoms with van der Waals surface area (Å²) < 4.78 is 19.6. The van der Waals surface area contributed by atoms with Gasteiger partial charge in [-0.3, -0.25) is 14.5 Å². The van der Waals surface area contributed by atoms with Gasteiger partial charge >= 0.3 is 6.09 Å². The van der Waals surface area contributed by atoms with Gasteiger partial charge in [0.15, 0.2) is 0 Å². The second kappa shape index (κ2) is 19.0. The molecule has 8 rings (SSSR count). The van der Waals surface area contributed by atoms with Crippen molar-refractivity contribution in [2.75, 3.05) is 26.2 Å². The van der Waals surface area contributed by atoms with Gasteiger partial charge in [-0.25, -0.2) is 19.2 Å². The molecule has 0 bridgehead atoms. The number of H-pyrrole nitrogens is 2. The minimum absolute atomic E-state index is 0.0354. The number of likely N-dealkylation sites (tertiary alicyclic amines) is 2. The van der Waals surface area contributed by atoms with E-state index in [2.05, 4.69) is 70.1 Å². The summed E-state index contributed by atoms with van der Waals surface area (Å²) in [6.07, 6.45) is 4.96. The van der Waals surface area contributed by atoms with Crippen LogP contribution in [-0.2, 0) is 20.7 Å². The molecule has 0 radical (unpaired) electrons. The van der Waals surface area contributed by atoms with Gasteiger partial charge in [-0.05, 0) is 78.2 Å². The molecule has 4 N–H and O–H groups in total. The number of aromatic amines is 2. The zero-order chi connectivity index (χ0) is 43.2. The van der Waals surface area contributed by atoms with Crippen molar-refractivity contribution < 1.29 is 23.5 Å². The fourth-order valence-electron chi connectivity index (χ4n) is 9.09. The standard InChI is InChI=1S/C49H53FN8O4/c1-3-56(4-2)45(36-12-6-5-7-13-36)48(60)58-27-11-17-43(58)47-53-31-41(55-47)35-24-20-33(21-25-35)32-18-22-34(23-19-32)40-30-52-46(54-40)42-16-10-26-57(42)44(59)29-38(62-49(51)61)28-37-14-8-9-15-39(37)50/h5-9,12-15,18-25,30-31,38,42-43,45H,3-4,10-11,16-17,26-29H2,1-2H3,(H2,51,61)(H,52,54)(H,53,55)/t38-,42+,43?,45?/m1/s1. The van der Waals surface area contributed by atoms with E-state index in [4.69, 9.17) is 15.5 Å². The van der Waals surface area contributed by atoms with Crippen LogP contribution in [0.15, 0.2) is 116 Å². The molecule has 12 nitrogen and oxygen atoms in total. The van der Waals surface area contributed by atoms with Crippen molar-refractivity contribution in [1.29, 1.82) is 0 Å². The van der Waals surface area contributed by atoms with Crippen LogP contribution < -0.4 is 5.73 Å². The highest BCUT2D eigenvalue weighted by Gasteiger charge is 2.38. The molecule has 2 unspecified atom stereocenters. The number of carbonyl (C=O) groups is 3. The molecule has 4 atom stereocenters. The Balaban J connectivity index is 0.907. The third-order valence-electron chi connectivity index (χ3n) is 12.3. The first kappa shape index (κ1) is 42.1. The summed E-state index contributed by atoms with van der Waals surface area (Å²) >= 11 is 0. The molecule has 2 aliphatic rings. The Hall–Kier alpha value is -6.60. The van der Waals surface area contributed by atoms with Crippen LogP contribution in [0, 0.1) is 5.82 Å². The summed E-state index contributed by atoms with van der Waals surface area (Å²) in [5.74, 6) is 0.961. The summed E-state index contributed by atoms with van der Waals surface area (Å²) in [7, 11) is 0. The summed E-state index contributed by atoms with van der Waals surface area (Å²) in [6, 6.07) is 32.2. The van der Waals surface area contributed by atoms with Crippen LogP contribution in [0.2, 0.25) is 0 Å². The lowest BCUT2D eigenvalue weighted by Gasteiger charge is -2.34. The molecular weight excluding hydrogens is 784 g/mol. The van der Waals surface area contributed by atoms with Gasteiger partial charge < -0.3 is 30.2 Å². The lowest BCUT2D eigenvalue weighted by molar-refractivity contribution is -0.138. The number of likely N-dealkylation sites (N-methyl/N-ethyl adjacent to an activating group) is 1. The van der Waals surface area contributed by atoms with Crippen molar-refractivity contribution in [2.24, 2.45) is 5.73 Å². The monoisotopic (exact) mass is 836 g/mol. The molecule has 4 aromatic carbocycles. The molecule has 2 saturated heterocycles. The smallest absolute Gasteiger partial charge is 0.404 e. The zero-order valence-electron chi connectivity index (χ0n) is 35.2. The first-order chi connectivity index (χ1) is 30.2. The number of carbonyl (C=O) groups excluding carboxylic acids is 3. The van der Waals surface area contributed by atoms with Crippen LogP contribution in [0.3, 0.4) is 0 Å². The van der Waals surface area contributed by atoms with Gasteiger partial charge in [0.1, 0.15) is 29.6 Å². The van der Waals surface area contributed by atoms with E-state index in [-0.39, 0.29) is 42.8 Å². The van der Waals surface area contributed by atoms with Crippen LogP contribution >= 0.6 is 0 Å². The first-order valence-corrected chi connectivity index (χ1v) is 21.6. The van der Waals surface area contributed by atoms with Crippen LogP contribution in [0.4, 0.5) is 9.18 Å². The predicted molar refractivity (Wildman–Crippen MR) is 236 cm³/mol. The van der Waals surface area contributed by atoms with Gasteiger partial charge in [0.2, 0.25) is 11.8 Å². The van der Waals surface area contributed by atoms with E-state index < -0.39 is 18.0 Å². The van der Waals surface area contributed by atoms with E-state index in [1.807, 2.05) is 53.6 Å². The van der Waals surface area contributed by atoms with Gasteiger partial charge in [0, 0.05) is 19.5 Å². The van der Waals surface area contributed by atoms with E-state index in [0.717, 1.165) is 83.8 Å². The molecule has 4 heterocycles. The average molecular weight is 837 g/mol. The molecule has 2 fully saturated rings. The molecule has 2 aromatic heterocycles. The lowest BCUT2D eigenvalue weighted by atomic mass is 10.0. The van der Waals surface area contributed by atoms with Crippen molar-refractivity contribution >= 4 is 17.9 Å². The van der Waals surface area contributed by atoms with Crippen molar-refractivity contribution in [3.8, 4) is 33.6 Å². The lowest BCUT2D eigenvalue weighted by Crippen LogP contribution is -2.43. The maximum Gasteiger partial charge on any atom is 0.404 e. The summed E-state index contributed by atoms with van der Waals surface area (Å²) in [6.45, 7) is 7.01. The van der Waals surface area contributed by atoms with Gasteiger partial charge in [-0.1, -0.05) is 111 Å². The molecule has 320 valence electrons. The highest BCUT2D eigenvalue weighted by atomic mass is 19.1. The number of halogens is 1. The SMILES string of the molecule is CCN(CC)C(C(=O)N1CCCC1c1ncc(-c2ccc(-c3ccc(-c4cnc([C@@H]5CCCN5C(=O)C[C@@H](Cc5ccccc5F)OC(N)=O)[nH]4)cc3)cc2)[nH]1)c1ccccc1. The highest BCUT2D eigenvalue weighted by Crippen LogP contribution is 2.37. The largest absolute Gasteiger partial charge is 0.445 e. The zero-order valence-corrected chi connectivity index (χ0v) is 35.2. The number of nitrogens with two attached hydrogens (primary N) is 1. The third kappa shape index (κ3) is 9.18. The normalized spacial score (nSPS) is 17.4. The highest BCUT2D eigenvalue weighted by molar-refractivity contribution is 5.84. The van der Waals surface area contributed by atoms with Crippen molar-refractivity contribution in [3.05, 3.63) is 144 Å². The third-order valence-corrected chi connectivity index (χ3v) is 12.3. The number of primary amides is 1. The van der Waals surface area contributed by atoms with E-state index in [9.17, 15) is 18.8 Å². The van der Waals surface area contributed by atoms with Gasteiger partial charge in [0.25, 0.3) is 0 Å². The summed E-state index contributed by atoms with van der Waals surface area (Å²) in [5.41, 5.74) is 12.5. The molecule has 3 amide bonds. The maximum absolute atomic E-state index is 14.4. The molecule has 62 heavy (non-hydrogen) atoms.